The van der Waals surface area contributed by atoms with E-state index in [9.17, 15) is 4.79 Å². The van der Waals surface area contributed by atoms with Gasteiger partial charge in [0.1, 0.15) is 11.5 Å². The van der Waals surface area contributed by atoms with E-state index in [0.29, 0.717) is 22.8 Å². The third-order valence-corrected chi connectivity index (χ3v) is 3.35. The van der Waals surface area contributed by atoms with Crippen LogP contribution in [0.15, 0.2) is 30.3 Å². The van der Waals surface area contributed by atoms with Gasteiger partial charge in [-0.1, -0.05) is 20.8 Å². The van der Waals surface area contributed by atoms with Gasteiger partial charge in [0.15, 0.2) is 0 Å². The van der Waals surface area contributed by atoms with E-state index >= 15 is 0 Å². The number of ether oxygens (including phenoxy) is 2. The average Bonchev–Trinajstić information content (AvgIpc) is 2.95. The monoisotopic (exact) mass is 287 g/mol. The molecule has 4 nitrogen and oxygen atoms in total. The first kappa shape index (κ1) is 15.2. The zero-order valence-corrected chi connectivity index (χ0v) is 13.1. The normalized spacial score (nSPS) is 11.3. The molecule has 0 unspecified atom stereocenters. The Balaban J connectivity index is 2.38. The second-order valence-corrected chi connectivity index (χ2v) is 5.97. The van der Waals surface area contributed by atoms with Gasteiger partial charge in [-0.3, -0.25) is 4.79 Å². The van der Waals surface area contributed by atoms with Crippen LogP contribution in [0, 0.1) is 0 Å². The number of hydrogen-bond acceptors (Lipinski definition) is 3. The Morgan fingerprint density at radius 2 is 1.57 bits per heavy atom. The number of hydrogen-bond donors (Lipinski definition) is 1. The molecule has 1 aromatic carbocycles. The molecule has 112 valence electrons. The lowest BCUT2D eigenvalue weighted by Gasteiger charge is -2.16. The van der Waals surface area contributed by atoms with Crippen LogP contribution < -0.4 is 9.47 Å². The van der Waals surface area contributed by atoms with E-state index in [1.54, 1.807) is 32.4 Å². The topological polar surface area (TPSA) is 51.3 Å². The fraction of sp³-hybridized carbons (Fsp3) is 0.353. The van der Waals surface area contributed by atoms with E-state index in [4.69, 9.17) is 9.47 Å². The lowest BCUT2D eigenvalue weighted by Crippen LogP contribution is -2.12. The van der Waals surface area contributed by atoms with E-state index < -0.39 is 0 Å². The predicted molar refractivity (Wildman–Crippen MR) is 82.5 cm³/mol. The van der Waals surface area contributed by atoms with Crippen LogP contribution in [-0.2, 0) is 5.41 Å². The van der Waals surface area contributed by atoms with Crippen LogP contribution >= 0.6 is 0 Å². The van der Waals surface area contributed by atoms with Crippen LogP contribution in [0.3, 0.4) is 0 Å². The van der Waals surface area contributed by atoms with Crippen molar-refractivity contribution in [2.45, 2.75) is 26.2 Å². The molecule has 0 saturated heterocycles. The molecule has 0 saturated carbocycles. The van der Waals surface area contributed by atoms with E-state index in [1.807, 2.05) is 12.1 Å². The Morgan fingerprint density at radius 3 is 2.00 bits per heavy atom. The minimum atomic E-state index is -0.0808. The number of benzene rings is 1. The molecular weight excluding hydrogens is 266 g/mol. The molecule has 2 rings (SSSR count). The quantitative estimate of drug-likeness (QED) is 0.875. The zero-order chi connectivity index (χ0) is 15.6. The van der Waals surface area contributed by atoms with Crippen LogP contribution in [0.25, 0.3) is 0 Å². The van der Waals surface area contributed by atoms with Crippen molar-refractivity contribution in [3.05, 3.63) is 47.3 Å². The summed E-state index contributed by atoms with van der Waals surface area (Å²) in [6.07, 6.45) is 0. The minimum absolute atomic E-state index is 0.0232. The molecule has 0 bridgehead atoms. The van der Waals surface area contributed by atoms with E-state index in [-0.39, 0.29) is 11.2 Å². The summed E-state index contributed by atoms with van der Waals surface area (Å²) < 4.78 is 10.4. The van der Waals surface area contributed by atoms with Crippen LogP contribution in [0.5, 0.6) is 11.5 Å². The van der Waals surface area contributed by atoms with Gasteiger partial charge in [0.05, 0.1) is 19.9 Å². The molecule has 21 heavy (non-hydrogen) atoms. The van der Waals surface area contributed by atoms with Crippen molar-refractivity contribution >= 4 is 5.78 Å². The van der Waals surface area contributed by atoms with Crippen molar-refractivity contribution < 1.29 is 14.3 Å². The van der Waals surface area contributed by atoms with Gasteiger partial charge < -0.3 is 14.5 Å². The highest BCUT2D eigenvalue weighted by Crippen LogP contribution is 2.26. The predicted octanol–water partition coefficient (Wildman–Crippen LogP) is 3.56. The van der Waals surface area contributed by atoms with E-state index in [0.717, 1.165) is 5.69 Å². The molecule has 1 aromatic heterocycles. The second kappa shape index (κ2) is 5.64. The Kier molecular flexibility index (Phi) is 4.07. The highest BCUT2D eigenvalue weighted by Gasteiger charge is 2.19. The molecule has 4 heteroatoms. The maximum atomic E-state index is 12.6. The Hall–Kier alpha value is -2.23. The van der Waals surface area contributed by atoms with Crippen molar-refractivity contribution in [2.75, 3.05) is 14.2 Å². The largest absolute Gasteiger partial charge is 0.497 e. The summed E-state index contributed by atoms with van der Waals surface area (Å²) in [6, 6.07) is 8.93. The van der Waals surface area contributed by atoms with Gasteiger partial charge in [-0.15, -0.1) is 0 Å². The maximum absolute atomic E-state index is 12.6. The van der Waals surface area contributed by atoms with Gasteiger partial charge in [0.25, 0.3) is 0 Å². The maximum Gasteiger partial charge on any atom is 0.209 e. The van der Waals surface area contributed by atoms with Gasteiger partial charge >= 0.3 is 0 Å². The molecule has 0 aliphatic heterocycles. The molecule has 0 fully saturated rings. The lowest BCUT2D eigenvalue weighted by atomic mass is 9.93. The van der Waals surface area contributed by atoms with E-state index in [1.165, 1.54) is 0 Å². The molecule has 0 amide bonds. The summed E-state index contributed by atoms with van der Waals surface area (Å²) in [6.45, 7) is 6.30. The van der Waals surface area contributed by atoms with Crippen molar-refractivity contribution in [3.63, 3.8) is 0 Å². The first-order valence-corrected chi connectivity index (χ1v) is 6.82. The van der Waals surface area contributed by atoms with Crippen molar-refractivity contribution in [3.8, 4) is 11.5 Å². The van der Waals surface area contributed by atoms with Crippen molar-refractivity contribution in [2.24, 2.45) is 0 Å². The first-order valence-electron chi connectivity index (χ1n) is 6.82. The standard InChI is InChI=1S/C17H21NO3/c1-17(2,3)15-7-6-14(18-15)16(19)11-8-12(20-4)10-13(9-11)21-5/h6-10,18H,1-5H3. The van der Waals surface area contributed by atoms with Crippen molar-refractivity contribution in [1.29, 1.82) is 0 Å². The minimum Gasteiger partial charge on any atom is -0.497 e. The number of aromatic amines is 1. The first-order chi connectivity index (χ1) is 9.85. The average molecular weight is 287 g/mol. The number of H-pyrrole nitrogens is 1. The fourth-order valence-electron chi connectivity index (χ4n) is 2.06. The summed E-state index contributed by atoms with van der Waals surface area (Å²) in [5, 5.41) is 0. The second-order valence-electron chi connectivity index (χ2n) is 5.97. The smallest absolute Gasteiger partial charge is 0.209 e. The third kappa shape index (κ3) is 3.27. The van der Waals surface area contributed by atoms with Gasteiger partial charge in [-0.2, -0.15) is 0 Å². The Bertz CT molecular complexity index is 628. The summed E-state index contributed by atoms with van der Waals surface area (Å²) in [5.41, 5.74) is 2.11. The number of ketones is 1. The number of methoxy groups -OCH3 is 2. The molecule has 1 heterocycles. The molecule has 0 aliphatic carbocycles. The molecule has 1 N–H and O–H groups in total. The van der Waals surface area contributed by atoms with Gasteiger partial charge in [0.2, 0.25) is 5.78 Å². The molecule has 0 aliphatic rings. The third-order valence-electron chi connectivity index (χ3n) is 3.35. The zero-order valence-electron chi connectivity index (χ0n) is 13.1. The van der Waals surface area contributed by atoms with Gasteiger partial charge in [0, 0.05) is 22.7 Å². The molecule has 0 spiro atoms. The molecule has 0 radical (unpaired) electrons. The molecule has 0 atom stereocenters. The number of carbonyl (C=O) groups excluding carboxylic acids is 1. The highest BCUT2D eigenvalue weighted by molar-refractivity contribution is 6.08. The lowest BCUT2D eigenvalue weighted by molar-refractivity contribution is 0.103. The van der Waals surface area contributed by atoms with Crippen LogP contribution in [0.2, 0.25) is 0 Å². The summed E-state index contributed by atoms with van der Waals surface area (Å²) in [4.78, 5) is 15.8. The summed E-state index contributed by atoms with van der Waals surface area (Å²) in [5.74, 6) is 1.11. The summed E-state index contributed by atoms with van der Waals surface area (Å²) in [7, 11) is 3.13. The fourth-order valence-corrected chi connectivity index (χ4v) is 2.06. The Morgan fingerprint density at radius 1 is 1.00 bits per heavy atom. The van der Waals surface area contributed by atoms with Crippen molar-refractivity contribution in [1.82, 2.24) is 4.98 Å². The Labute approximate surface area is 125 Å². The highest BCUT2D eigenvalue weighted by atomic mass is 16.5. The number of aromatic nitrogens is 1. The number of carbonyl (C=O) groups is 1. The van der Waals surface area contributed by atoms with E-state index in [2.05, 4.69) is 25.8 Å². The summed E-state index contributed by atoms with van der Waals surface area (Å²) >= 11 is 0. The molecule has 2 aromatic rings. The van der Waals surface area contributed by atoms with Gasteiger partial charge in [-0.25, -0.2) is 0 Å². The van der Waals surface area contributed by atoms with Gasteiger partial charge in [-0.05, 0) is 24.3 Å². The number of nitrogens with one attached hydrogen (secondary N) is 1. The SMILES string of the molecule is COc1cc(OC)cc(C(=O)c2ccc(C(C)(C)C)[nH]2)c1. The number of rotatable bonds is 4. The van der Waals surface area contributed by atoms with Crippen LogP contribution in [0.4, 0.5) is 0 Å². The van der Waals surface area contributed by atoms with Crippen LogP contribution in [0.1, 0.15) is 42.5 Å². The van der Waals surface area contributed by atoms with Crippen LogP contribution in [-0.4, -0.2) is 25.0 Å². The molecular formula is C17H21NO3.